The second kappa shape index (κ2) is 7.10. The predicted molar refractivity (Wildman–Crippen MR) is 90.3 cm³/mol. The highest BCUT2D eigenvalue weighted by atomic mass is 31.2. The van der Waals surface area contributed by atoms with Gasteiger partial charge in [0.25, 0.3) is 11.4 Å². The van der Waals surface area contributed by atoms with Crippen LogP contribution >= 0.6 is 7.59 Å². The van der Waals surface area contributed by atoms with Crippen LogP contribution in [0.3, 0.4) is 0 Å². The van der Waals surface area contributed by atoms with Crippen LogP contribution in [0.2, 0.25) is 0 Å². The number of hydrogen-bond acceptors (Lipinski definition) is 6. The van der Waals surface area contributed by atoms with Gasteiger partial charge in [-0.05, 0) is 24.3 Å². The van der Waals surface area contributed by atoms with Gasteiger partial charge in [0.2, 0.25) is 0 Å². The van der Waals surface area contributed by atoms with Gasteiger partial charge in [0.15, 0.2) is 11.5 Å². The SMILES string of the molecule is [B][P+](C=C)(Oc1ccc([N+](=O)[O-])cc1)Oc1ccc([N+](=O)[O-])cc1. The van der Waals surface area contributed by atoms with Crippen molar-refractivity contribution in [2.75, 3.05) is 0 Å². The molecule has 0 saturated heterocycles. The van der Waals surface area contributed by atoms with Crippen LogP contribution in [0.5, 0.6) is 11.5 Å². The summed E-state index contributed by atoms with van der Waals surface area (Å²) in [6.07, 6.45) is 0. The molecule has 0 saturated carbocycles. The summed E-state index contributed by atoms with van der Waals surface area (Å²) in [6.45, 7) is 3.57. The van der Waals surface area contributed by atoms with Crippen LogP contribution in [-0.4, -0.2) is 17.4 Å². The van der Waals surface area contributed by atoms with Crippen molar-refractivity contribution in [1.29, 1.82) is 0 Å². The Labute approximate surface area is 138 Å². The van der Waals surface area contributed by atoms with Crippen molar-refractivity contribution in [3.8, 4) is 11.5 Å². The molecule has 2 aromatic rings. The van der Waals surface area contributed by atoms with Gasteiger partial charge in [-0.1, -0.05) is 6.58 Å². The fourth-order valence-electron chi connectivity index (χ4n) is 1.68. The fourth-order valence-corrected chi connectivity index (χ4v) is 2.77. The van der Waals surface area contributed by atoms with E-state index in [4.69, 9.17) is 16.6 Å². The molecule has 0 fully saturated rings. The summed E-state index contributed by atoms with van der Waals surface area (Å²) in [7, 11) is 2.99. The van der Waals surface area contributed by atoms with Crippen LogP contribution in [0.4, 0.5) is 11.4 Å². The van der Waals surface area contributed by atoms with Crippen molar-refractivity contribution >= 4 is 26.5 Å². The Morgan fingerprint density at radius 3 is 1.46 bits per heavy atom. The summed E-state index contributed by atoms with van der Waals surface area (Å²) >= 11 is 0. The minimum atomic E-state index is -3.05. The van der Waals surface area contributed by atoms with Crippen LogP contribution in [0.1, 0.15) is 0 Å². The molecule has 0 unspecified atom stereocenters. The molecule has 0 heterocycles. The van der Waals surface area contributed by atoms with Crippen LogP contribution < -0.4 is 9.05 Å². The molecule has 0 spiro atoms. The minimum Gasteiger partial charge on any atom is -0.326 e. The van der Waals surface area contributed by atoms with Gasteiger partial charge in [-0.15, -0.1) is 0 Å². The van der Waals surface area contributed by atoms with Crippen molar-refractivity contribution in [2.24, 2.45) is 0 Å². The molecule has 0 atom stereocenters. The Hall–Kier alpha value is -2.93. The standard InChI is InChI=1S/C14H11BN2O6P/c1-2-24(15,22-13-7-3-11(4-8-13)16(18)19)23-14-9-5-12(6-10-14)17(20)21/h2-10H,1H2/q+1. The first kappa shape index (κ1) is 17.4. The molecule has 2 radical (unpaired) electrons. The third-order valence-corrected chi connectivity index (χ3v) is 4.35. The van der Waals surface area contributed by atoms with Crippen LogP contribution in [0, 0.1) is 20.2 Å². The normalized spacial score (nSPS) is 10.7. The van der Waals surface area contributed by atoms with E-state index in [1.807, 2.05) is 0 Å². The summed E-state index contributed by atoms with van der Waals surface area (Å²) in [6, 6.07) is 10.7. The summed E-state index contributed by atoms with van der Waals surface area (Å²) < 4.78 is 11.1. The number of nitro benzene ring substituents is 2. The van der Waals surface area contributed by atoms with E-state index >= 15 is 0 Å². The molecule has 0 amide bonds. The van der Waals surface area contributed by atoms with E-state index < -0.39 is 17.4 Å². The van der Waals surface area contributed by atoms with Gasteiger partial charge in [0.05, 0.1) is 9.85 Å². The van der Waals surface area contributed by atoms with Gasteiger partial charge < -0.3 is 9.05 Å². The van der Waals surface area contributed by atoms with E-state index in [-0.39, 0.29) is 22.9 Å². The van der Waals surface area contributed by atoms with Gasteiger partial charge in [0, 0.05) is 24.3 Å². The Kier molecular flexibility index (Phi) is 5.16. The monoisotopic (exact) mass is 345 g/mol. The smallest absolute Gasteiger partial charge is 0.326 e. The number of rotatable bonds is 7. The zero-order valence-corrected chi connectivity index (χ0v) is 13.2. The van der Waals surface area contributed by atoms with Crippen LogP contribution in [0.15, 0.2) is 60.9 Å². The highest BCUT2D eigenvalue weighted by Crippen LogP contribution is 2.56. The summed E-state index contributed by atoms with van der Waals surface area (Å²) in [4.78, 5) is 20.2. The first-order valence-corrected chi connectivity index (χ1v) is 8.28. The van der Waals surface area contributed by atoms with E-state index in [0.717, 1.165) is 0 Å². The maximum absolute atomic E-state index is 10.6. The second-order valence-corrected chi connectivity index (χ2v) is 6.53. The number of nitrogens with zero attached hydrogens (tertiary/aromatic N) is 2. The van der Waals surface area contributed by atoms with E-state index in [1.165, 1.54) is 54.3 Å². The molecule has 24 heavy (non-hydrogen) atoms. The molecular weight excluding hydrogens is 334 g/mol. The molecule has 0 aliphatic rings. The van der Waals surface area contributed by atoms with E-state index in [9.17, 15) is 20.2 Å². The lowest BCUT2D eigenvalue weighted by atomic mass is 10.3. The summed E-state index contributed by atoms with van der Waals surface area (Å²) in [5.74, 6) is 1.85. The zero-order chi connectivity index (χ0) is 17.7. The molecule has 0 bridgehead atoms. The molecule has 120 valence electrons. The van der Waals surface area contributed by atoms with Gasteiger partial charge in [-0.3, -0.25) is 20.2 Å². The topological polar surface area (TPSA) is 105 Å². The lowest BCUT2D eigenvalue weighted by Crippen LogP contribution is -2.06. The van der Waals surface area contributed by atoms with E-state index in [2.05, 4.69) is 6.58 Å². The maximum atomic E-state index is 10.6. The van der Waals surface area contributed by atoms with Crippen molar-refractivity contribution in [1.82, 2.24) is 0 Å². The zero-order valence-electron chi connectivity index (χ0n) is 12.3. The number of benzene rings is 2. The Morgan fingerprint density at radius 1 is 0.875 bits per heavy atom. The average Bonchev–Trinajstić information content (AvgIpc) is 2.55. The Balaban J connectivity index is 2.14. The average molecular weight is 345 g/mol. The quantitative estimate of drug-likeness (QED) is 0.325. The van der Waals surface area contributed by atoms with Crippen LogP contribution in [0.25, 0.3) is 0 Å². The molecule has 0 N–H and O–H groups in total. The largest absolute Gasteiger partial charge is 0.477 e. The maximum Gasteiger partial charge on any atom is 0.477 e. The molecule has 0 aromatic heterocycles. The molecule has 2 aromatic carbocycles. The number of hydrogen-bond donors (Lipinski definition) is 0. The highest BCUT2D eigenvalue weighted by molar-refractivity contribution is 7.92. The minimum absolute atomic E-state index is 0.0850. The molecule has 10 heteroatoms. The van der Waals surface area contributed by atoms with Crippen LogP contribution in [-0.2, 0) is 0 Å². The number of non-ortho nitro benzene ring substituents is 2. The lowest BCUT2D eigenvalue weighted by molar-refractivity contribution is -0.385. The van der Waals surface area contributed by atoms with Crippen molar-refractivity contribution in [3.63, 3.8) is 0 Å². The molecule has 2 rings (SSSR count). The molecule has 0 aliphatic carbocycles. The van der Waals surface area contributed by atoms with E-state index in [1.54, 1.807) is 0 Å². The summed E-state index contributed by atoms with van der Waals surface area (Å²) in [5.41, 5.74) is -0.170. The second-order valence-electron chi connectivity index (χ2n) is 4.51. The molecule has 0 aliphatic heterocycles. The summed E-state index contributed by atoms with van der Waals surface area (Å²) in [5, 5.41) is 21.3. The van der Waals surface area contributed by atoms with Gasteiger partial charge in [-0.25, -0.2) is 0 Å². The van der Waals surface area contributed by atoms with E-state index in [0.29, 0.717) is 0 Å². The predicted octanol–water partition coefficient (Wildman–Crippen LogP) is 4.04. The van der Waals surface area contributed by atoms with Crippen molar-refractivity contribution < 1.29 is 18.9 Å². The van der Waals surface area contributed by atoms with Crippen molar-refractivity contribution in [3.05, 3.63) is 81.2 Å². The lowest BCUT2D eigenvalue weighted by Gasteiger charge is -2.18. The van der Waals surface area contributed by atoms with Gasteiger partial charge >= 0.3 is 15.2 Å². The van der Waals surface area contributed by atoms with Crippen molar-refractivity contribution in [2.45, 2.75) is 0 Å². The Bertz CT molecular complexity index is 706. The first-order valence-electron chi connectivity index (χ1n) is 6.52. The Morgan fingerprint density at radius 2 is 1.21 bits per heavy atom. The first-order chi connectivity index (χ1) is 11.3. The fraction of sp³-hybridized carbons (Fsp3) is 0. The molecule has 8 nitrogen and oxygen atoms in total. The third kappa shape index (κ3) is 4.30. The molecular formula is C14H11BN2O6P+. The van der Waals surface area contributed by atoms with Gasteiger partial charge in [0.1, 0.15) is 5.82 Å². The highest BCUT2D eigenvalue weighted by Gasteiger charge is 2.36. The number of nitro groups is 2. The van der Waals surface area contributed by atoms with Gasteiger partial charge in [-0.2, -0.15) is 0 Å². The third-order valence-electron chi connectivity index (χ3n) is 2.85.